The molecule has 7 heteroatoms. The van der Waals surface area contributed by atoms with Crippen LogP contribution in [0.2, 0.25) is 5.02 Å². The van der Waals surface area contributed by atoms with Crippen molar-refractivity contribution in [3.63, 3.8) is 0 Å². The second-order valence-corrected chi connectivity index (χ2v) is 8.26. The fourth-order valence-electron chi connectivity index (χ4n) is 3.31. The zero-order valence-corrected chi connectivity index (χ0v) is 18.0. The maximum absolute atomic E-state index is 13.3. The van der Waals surface area contributed by atoms with E-state index in [0.29, 0.717) is 22.0 Å². The number of methoxy groups -OCH3 is 1. The molecule has 0 spiro atoms. The lowest BCUT2D eigenvalue weighted by Gasteiger charge is -2.16. The number of carbonyl (C=O) groups is 2. The summed E-state index contributed by atoms with van der Waals surface area (Å²) >= 11 is 7.37. The molecular weight excluding hydrogens is 420 g/mol. The molecule has 0 fully saturated rings. The molecule has 1 aromatic heterocycles. The Labute approximate surface area is 183 Å². The summed E-state index contributed by atoms with van der Waals surface area (Å²) < 4.78 is 5.43. The van der Waals surface area contributed by atoms with E-state index in [2.05, 4.69) is 5.32 Å². The summed E-state index contributed by atoms with van der Waals surface area (Å²) in [4.78, 5) is 28.6. The number of carbonyl (C=O) groups excluding carboxylic acids is 2. The second-order valence-electron chi connectivity index (χ2n) is 6.88. The lowest BCUT2D eigenvalue weighted by molar-refractivity contribution is -0.137. The van der Waals surface area contributed by atoms with E-state index in [9.17, 15) is 9.59 Å². The molecule has 0 radical (unpaired) electrons. The fourth-order valence-corrected chi connectivity index (χ4v) is 4.21. The van der Waals surface area contributed by atoms with E-state index in [1.54, 1.807) is 19.2 Å². The smallest absolute Gasteiger partial charge is 0.278 e. The third-order valence-electron chi connectivity index (χ3n) is 4.80. The van der Waals surface area contributed by atoms with E-state index in [0.717, 1.165) is 16.0 Å². The number of hydrogen-bond donors (Lipinski definition) is 1. The number of amides is 2. The predicted molar refractivity (Wildman–Crippen MR) is 120 cm³/mol. The molecular formula is C23H19ClN2O3S. The van der Waals surface area contributed by atoms with E-state index < -0.39 is 0 Å². The minimum Gasteiger partial charge on any atom is -0.495 e. The Morgan fingerprint density at radius 3 is 2.50 bits per heavy atom. The standard InChI is InChI=1S/C23H19ClN2O3S/c1-14-5-10-18(29-2)17(12-14)25-21-20(19-4-3-11-30-19)22(27)26(23(21)28)13-15-6-8-16(24)9-7-15/h3-12,25H,13H2,1-2H3. The van der Waals surface area contributed by atoms with Gasteiger partial charge in [-0.15, -0.1) is 11.3 Å². The molecule has 4 rings (SSSR count). The Bertz CT molecular complexity index is 1140. The van der Waals surface area contributed by atoms with E-state index in [1.165, 1.54) is 16.2 Å². The Balaban J connectivity index is 1.73. The first-order chi connectivity index (χ1) is 14.5. The molecule has 3 aromatic rings. The van der Waals surface area contributed by atoms with Gasteiger partial charge in [-0.3, -0.25) is 14.5 Å². The van der Waals surface area contributed by atoms with Crippen LogP contribution in [0.4, 0.5) is 5.69 Å². The lowest BCUT2D eigenvalue weighted by atomic mass is 10.1. The van der Waals surface area contributed by atoms with Crippen molar-refractivity contribution in [1.82, 2.24) is 4.90 Å². The molecule has 2 amide bonds. The van der Waals surface area contributed by atoms with Crippen LogP contribution in [0, 0.1) is 6.92 Å². The van der Waals surface area contributed by atoms with Crippen molar-refractivity contribution in [2.45, 2.75) is 13.5 Å². The summed E-state index contributed by atoms with van der Waals surface area (Å²) in [5.41, 5.74) is 3.08. The number of aryl methyl sites for hydroxylation is 1. The topological polar surface area (TPSA) is 58.6 Å². The Morgan fingerprint density at radius 1 is 1.07 bits per heavy atom. The van der Waals surface area contributed by atoms with Crippen LogP contribution in [-0.4, -0.2) is 23.8 Å². The fraction of sp³-hybridized carbons (Fsp3) is 0.130. The zero-order valence-electron chi connectivity index (χ0n) is 16.4. The van der Waals surface area contributed by atoms with Crippen molar-refractivity contribution in [2.75, 3.05) is 12.4 Å². The van der Waals surface area contributed by atoms with Crippen LogP contribution in [0.1, 0.15) is 16.0 Å². The molecule has 0 aliphatic carbocycles. The molecule has 2 heterocycles. The average Bonchev–Trinajstić information content (AvgIpc) is 3.33. The summed E-state index contributed by atoms with van der Waals surface area (Å²) in [6.45, 7) is 2.12. The number of nitrogens with zero attached hydrogens (tertiary/aromatic N) is 1. The molecule has 0 unspecified atom stereocenters. The van der Waals surface area contributed by atoms with Gasteiger partial charge in [-0.2, -0.15) is 0 Å². The first kappa shape index (κ1) is 20.2. The van der Waals surface area contributed by atoms with E-state index in [-0.39, 0.29) is 24.1 Å². The van der Waals surface area contributed by atoms with Crippen molar-refractivity contribution < 1.29 is 14.3 Å². The van der Waals surface area contributed by atoms with Crippen LogP contribution in [0.15, 0.2) is 65.7 Å². The van der Waals surface area contributed by atoms with Crippen molar-refractivity contribution in [2.24, 2.45) is 0 Å². The van der Waals surface area contributed by atoms with Gasteiger partial charge in [-0.25, -0.2) is 0 Å². The van der Waals surface area contributed by atoms with Crippen molar-refractivity contribution >= 4 is 46.0 Å². The van der Waals surface area contributed by atoms with Crippen molar-refractivity contribution in [3.8, 4) is 5.75 Å². The number of ether oxygens (including phenoxy) is 1. The number of benzene rings is 2. The molecule has 1 aliphatic heterocycles. The van der Waals surface area contributed by atoms with Gasteiger partial charge in [0.2, 0.25) is 0 Å². The molecule has 0 bridgehead atoms. The van der Waals surface area contributed by atoms with E-state index in [4.69, 9.17) is 16.3 Å². The van der Waals surface area contributed by atoms with Gasteiger partial charge in [0, 0.05) is 9.90 Å². The molecule has 152 valence electrons. The molecule has 1 aliphatic rings. The second kappa shape index (κ2) is 8.34. The van der Waals surface area contributed by atoms with Gasteiger partial charge >= 0.3 is 0 Å². The zero-order chi connectivity index (χ0) is 21.3. The van der Waals surface area contributed by atoms with Gasteiger partial charge in [0.1, 0.15) is 11.4 Å². The van der Waals surface area contributed by atoms with Crippen LogP contribution in [0.25, 0.3) is 5.57 Å². The van der Waals surface area contributed by atoms with E-state index in [1.807, 2.05) is 54.8 Å². The molecule has 1 N–H and O–H groups in total. The Kier molecular flexibility index (Phi) is 5.61. The summed E-state index contributed by atoms with van der Waals surface area (Å²) in [5, 5.41) is 5.66. The summed E-state index contributed by atoms with van der Waals surface area (Å²) in [7, 11) is 1.57. The predicted octanol–water partition coefficient (Wildman–Crippen LogP) is 5.11. The first-order valence-corrected chi connectivity index (χ1v) is 10.5. The quantitative estimate of drug-likeness (QED) is 0.543. The number of nitrogens with one attached hydrogen (secondary N) is 1. The highest BCUT2D eigenvalue weighted by atomic mass is 35.5. The highest BCUT2D eigenvalue weighted by molar-refractivity contribution is 7.11. The Hall–Kier alpha value is -3.09. The van der Waals surface area contributed by atoms with Crippen LogP contribution in [-0.2, 0) is 16.1 Å². The van der Waals surface area contributed by atoms with Gasteiger partial charge in [-0.05, 0) is 53.8 Å². The number of thiophene rings is 1. The van der Waals surface area contributed by atoms with Gasteiger partial charge in [0.25, 0.3) is 11.8 Å². The maximum atomic E-state index is 13.3. The number of imide groups is 1. The van der Waals surface area contributed by atoms with Crippen LogP contribution < -0.4 is 10.1 Å². The third-order valence-corrected chi connectivity index (χ3v) is 5.94. The first-order valence-electron chi connectivity index (χ1n) is 9.28. The van der Waals surface area contributed by atoms with Gasteiger partial charge in [-0.1, -0.05) is 35.9 Å². The van der Waals surface area contributed by atoms with Crippen LogP contribution >= 0.6 is 22.9 Å². The average molecular weight is 439 g/mol. The minimum absolute atomic E-state index is 0.167. The van der Waals surface area contributed by atoms with Crippen molar-refractivity contribution in [3.05, 3.63) is 86.7 Å². The number of halogens is 1. The van der Waals surface area contributed by atoms with Crippen molar-refractivity contribution in [1.29, 1.82) is 0 Å². The van der Waals surface area contributed by atoms with Gasteiger partial charge < -0.3 is 10.1 Å². The SMILES string of the molecule is COc1ccc(C)cc1NC1=C(c2cccs2)C(=O)N(Cc2ccc(Cl)cc2)C1=O. The molecule has 0 saturated heterocycles. The Morgan fingerprint density at radius 2 is 1.83 bits per heavy atom. The molecule has 0 atom stereocenters. The normalized spacial score (nSPS) is 13.9. The molecule has 5 nitrogen and oxygen atoms in total. The molecule has 2 aromatic carbocycles. The molecule has 0 saturated carbocycles. The summed E-state index contributed by atoms with van der Waals surface area (Å²) in [5.74, 6) is -0.108. The number of rotatable bonds is 6. The maximum Gasteiger partial charge on any atom is 0.278 e. The largest absolute Gasteiger partial charge is 0.495 e. The lowest BCUT2D eigenvalue weighted by Crippen LogP contribution is -2.31. The van der Waals surface area contributed by atoms with Gasteiger partial charge in [0.05, 0.1) is 24.9 Å². The highest BCUT2D eigenvalue weighted by Gasteiger charge is 2.39. The van der Waals surface area contributed by atoms with Crippen LogP contribution in [0.3, 0.4) is 0 Å². The number of hydrogen-bond acceptors (Lipinski definition) is 5. The highest BCUT2D eigenvalue weighted by Crippen LogP contribution is 2.36. The van der Waals surface area contributed by atoms with Gasteiger partial charge in [0.15, 0.2) is 0 Å². The van der Waals surface area contributed by atoms with E-state index >= 15 is 0 Å². The minimum atomic E-state index is -0.373. The summed E-state index contributed by atoms with van der Waals surface area (Å²) in [6, 6.07) is 16.4. The molecule has 30 heavy (non-hydrogen) atoms. The number of anilines is 1. The van der Waals surface area contributed by atoms with Crippen LogP contribution in [0.5, 0.6) is 5.75 Å². The monoisotopic (exact) mass is 438 g/mol. The third kappa shape index (κ3) is 3.84. The summed E-state index contributed by atoms with van der Waals surface area (Å²) in [6.07, 6.45) is 0.